The minimum atomic E-state index is 0.0121. The van der Waals surface area contributed by atoms with E-state index in [9.17, 15) is 4.79 Å². The highest BCUT2D eigenvalue weighted by atomic mass is 16.5. The second-order valence-corrected chi connectivity index (χ2v) is 10.1. The number of hydrogen-bond donors (Lipinski definition) is 5. The third kappa shape index (κ3) is 12.2. The quantitative estimate of drug-likeness (QED) is 0.187. The maximum Gasteiger partial charge on any atom is 0.225 e. The Labute approximate surface area is 228 Å². The molecule has 1 aliphatic carbocycles. The summed E-state index contributed by atoms with van der Waals surface area (Å²) in [6.45, 7) is 7.44. The highest BCUT2D eigenvalue weighted by molar-refractivity contribution is 5.75. The summed E-state index contributed by atoms with van der Waals surface area (Å²) in [5.41, 5.74) is 3.38. The summed E-state index contributed by atoms with van der Waals surface area (Å²) >= 11 is 0. The first-order valence-electron chi connectivity index (χ1n) is 14.2. The van der Waals surface area contributed by atoms with Crippen LogP contribution in [0.2, 0.25) is 0 Å². The van der Waals surface area contributed by atoms with Gasteiger partial charge in [0.25, 0.3) is 0 Å². The minimum Gasteiger partial charge on any atom is -0.384 e. The Bertz CT molecular complexity index is 933. The Kier molecular flexibility index (Phi) is 13.9. The summed E-state index contributed by atoms with van der Waals surface area (Å²) in [5, 5.41) is 16.8. The van der Waals surface area contributed by atoms with Crippen molar-refractivity contribution in [3.05, 3.63) is 47.2 Å². The molecule has 0 saturated heterocycles. The topological polar surface area (TPSA) is 112 Å². The zero-order chi connectivity index (χ0) is 26.8. The molecule has 9 heteroatoms. The summed E-state index contributed by atoms with van der Waals surface area (Å²) in [6.07, 6.45) is 9.24. The molecule has 5 N–H and O–H groups in total. The van der Waals surface area contributed by atoms with Crippen molar-refractivity contribution in [2.45, 2.75) is 77.4 Å². The number of ether oxygens (including phenoxy) is 1. The van der Waals surface area contributed by atoms with Gasteiger partial charge >= 0.3 is 0 Å². The van der Waals surface area contributed by atoms with Gasteiger partial charge < -0.3 is 31.3 Å². The molecule has 0 spiro atoms. The van der Waals surface area contributed by atoms with E-state index in [0.29, 0.717) is 38.6 Å². The number of nitrogens with one attached hydrogen (secondary N) is 5. The number of carbonyl (C=O) groups excluding carboxylic acids is 1. The minimum absolute atomic E-state index is 0.0121. The predicted molar refractivity (Wildman–Crippen MR) is 154 cm³/mol. The first-order valence-corrected chi connectivity index (χ1v) is 14.2. The van der Waals surface area contributed by atoms with Crippen LogP contribution in [-0.2, 0) is 22.6 Å². The SMILES string of the molecule is COCCC(=O)NCCCNc1cc(C)nc(NCc2ccc(CNCCCNC3CCCCC3)cc2)n1. The van der Waals surface area contributed by atoms with E-state index in [2.05, 4.69) is 60.8 Å². The fourth-order valence-corrected chi connectivity index (χ4v) is 4.57. The van der Waals surface area contributed by atoms with Crippen LogP contribution in [0.1, 0.15) is 68.2 Å². The van der Waals surface area contributed by atoms with Crippen molar-refractivity contribution in [3.63, 3.8) is 0 Å². The molecule has 1 heterocycles. The molecule has 0 bridgehead atoms. The highest BCUT2D eigenvalue weighted by Gasteiger charge is 2.11. The van der Waals surface area contributed by atoms with Crippen LogP contribution in [0.5, 0.6) is 0 Å². The lowest BCUT2D eigenvalue weighted by molar-refractivity contribution is -0.121. The number of aromatic nitrogens is 2. The third-order valence-corrected chi connectivity index (χ3v) is 6.74. The maximum atomic E-state index is 11.6. The fourth-order valence-electron chi connectivity index (χ4n) is 4.57. The van der Waals surface area contributed by atoms with Crippen LogP contribution in [0.25, 0.3) is 0 Å². The lowest BCUT2D eigenvalue weighted by Gasteiger charge is -2.22. The number of anilines is 2. The van der Waals surface area contributed by atoms with Gasteiger partial charge in [0.2, 0.25) is 11.9 Å². The lowest BCUT2D eigenvalue weighted by Crippen LogP contribution is -2.33. The molecule has 1 amide bonds. The van der Waals surface area contributed by atoms with E-state index in [4.69, 9.17) is 4.74 Å². The number of rotatable bonds is 18. The molecule has 1 aromatic carbocycles. The molecule has 38 heavy (non-hydrogen) atoms. The summed E-state index contributed by atoms with van der Waals surface area (Å²) in [4.78, 5) is 20.7. The molecule has 0 atom stereocenters. The summed E-state index contributed by atoms with van der Waals surface area (Å²) in [6, 6.07) is 11.4. The van der Waals surface area contributed by atoms with Gasteiger partial charge in [0, 0.05) is 57.5 Å². The molecule has 3 rings (SSSR count). The van der Waals surface area contributed by atoms with Gasteiger partial charge in [0.1, 0.15) is 5.82 Å². The Morgan fingerprint density at radius 2 is 1.66 bits per heavy atom. The smallest absolute Gasteiger partial charge is 0.225 e. The lowest BCUT2D eigenvalue weighted by atomic mass is 9.95. The fraction of sp³-hybridized carbons (Fsp3) is 0.621. The molecular formula is C29H47N7O2. The molecule has 9 nitrogen and oxygen atoms in total. The first-order chi connectivity index (χ1) is 18.6. The number of carbonyl (C=O) groups is 1. The number of benzene rings is 1. The molecular weight excluding hydrogens is 478 g/mol. The number of amides is 1. The zero-order valence-corrected chi connectivity index (χ0v) is 23.3. The van der Waals surface area contributed by atoms with Crippen molar-refractivity contribution in [2.24, 2.45) is 0 Å². The molecule has 1 aliphatic rings. The predicted octanol–water partition coefficient (Wildman–Crippen LogP) is 3.75. The van der Waals surface area contributed by atoms with Crippen LogP contribution in [0.15, 0.2) is 30.3 Å². The monoisotopic (exact) mass is 525 g/mol. The summed E-state index contributed by atoms with van der Waals surface area (Å²) < 4.78 is 4.92. The van der Waals surface area contributed by atoms with E-state index in [1.54, 1.807) is 7.11 Å². The van der Waals surface area contributed by atoms with E-state index in [0.717, 1.165) is 50.0 Å². The highest BCUT2D eigenvalue weighted by Crippen LogP contribution is 2.17. The Balaban J connectivity index is 1.30. The molecule has 0 unspecified atom stereocenters. The molecule has 1 saturated carbocycles. The van der Waals surface area contributed by atoms with Crippen molar-refractivity contribution in [1.29, 1.82) is 0 Å². The van der Waals surface area contributed by atoms with E-state index >= 15 is 0 Å². The number of aryl methyl sites for hydroxylation is 1. The average Bonchev–Trinajstić information content (AvgIpc) is 2.93. The standard InChI is InChI=1S/C29H47N7O2/c1-23-20-27(32-17-7-18-33-28(37)14-19-38-2)36-29(35-23)34-22-25-12-10-24(11-13-25)21-30-15-6-16-31-26-8-4-3-5-9-26/h10-13,20,26,30-31H,3-9,14-19,21-22H2,1-2H3,(H,33,37)(H2,32,34,35,36). The molecule has 0 aliphatic heterocycles. The third-order valence-electron chi connectivity index (χ3n) is 6.74. The van der Waals surface area contributed by atoms with E-state index in [1.807, 2.05) is 13.0 Å². The molecule has 210 valence electrons. The van der Waals surface area contributed by atoms with Gasteiger partial charge in [0.15, 0.2) is 0 Å². The van der Waals surface area contributed by atoms with Gasteiger partial charge in [-0.05, 0) is 56.8 Å². The van der Waals surface area contributed by atoms with E-state index < -0.39 is 0 Å². The number of methoxy groups -OCH3 is 1. The van der Waals surface area contributed by atoms with Gasteiger partial charge in [-0.25, -0.2) is 4.98 Å². The van der Waals surface area contributed by atoms with Crippen LogP contribution in [0.3, 0.4) is 0 Å². The van der Waals surface area contributed by atoms with Crippen molar-refractivity contribution in [2.75, 3.05) is 50.5 Å². The van der Waals surface area contributed by atoms with Gasteiger partial charge in [0.05, 0.1) is 6.61 Å². The van der Waals surface area contributed by atoms with Gasteiger partial charge in [-0.1, -0.05) is 43.5 Å². The Hall–Kier alpha value is -2.75. The second kappa shape index (κ2) is 17.7. The van der Waals surface area contributed by atoms with Crippen LogP contribution >= 0.6 is 0 Å². The molecule has 1 fully saturated rings. The molecule has 1 aromatic heterocycles. The number of nitrogens with zero attached hydrogens (tertiary/aromatic N) is 2. The normalized spacial score (nSPS) is 13.8. The van der Waals surface area contributed by atoms with Crippen LogP contribution < -0.4 is 26.6 Å². The molecule has 0 radical (unpaired) electrons. The van der Waals surface area contributed by atoms with Crippen molar-refractivity contribution in [1.82, 2.24) is 25.9 Å². The van der Waals surface area contributed by atoms with Crippen molar-refractivity contribution < 1.29 is 9.53 Å². The van der Waals surface area contributed by atoms with Gasteiger partial charge in [-0.2, -0.15) is 4.98 Å². The molecule has 2 aromatic rings. The Morgan fingerprint density at radius 3 is 2.42 bits per heavy atom. The van der Waals surface area contributed by atoms with Crippen LogP contribution in [0.4, 0.5) is 11.8 Å². The summed E-state index contributed by atoms with van der Waals surface area (Å²) in [5.74, 6) is 1.40. The van der Waals surface area contributed by atoms with Crippen LogP contribution in [-0.4, -0.2) is 61.8 Å². The average molecular weight is 526 g/mol. The number of hydrogen-bond acceptors (Lipinski definition) is 8. The van der Waals surface area contributed by atoms with Crippen molar-refractivity contribution >= 4 is 17.7 Å². The van der Waals surface area contributed by atoms with Crippen molar-refractivity contribution in [3.8, 4) is 0 Å². The maximum absolute atomic E-state index is 11.6. The van der Waals surface area contributed by atoms with E-state index in [-0.39, 0.29) is 5.91 Å². The Morgan fingerprint density at radius 1 is 0.921 bits per heavy atom. The second-order valence-electron chi connectivity index (χ2n) is 10.1. The van der Waals surface area contributed by atoms with Crippen LogP contribution in [0, 0.1) is 6.92 Å². The summed E-state index contributed by atoms with van der Waals surface area (Å²) in [7, 11) is 1.59. The van der Waals surface area contributed by atoms with Gasteiger partial charge in [-0.3, -0.25) is 4.79 Å². The first kappa shape index (κ1) is 29.8. The van der Waals surface area contributed by atoms with Gasteiger partial charge in [-0.15, -0.1) is 0 Å². The largest absolute Gasteiger partial charge is 0.384 e. The zero-order valence-electron chi connectivity index (χ0n) is 23.3. The van der Waals surface area contributed by atoms with E-state index in [1.165, 1.54) is 43.2 Å².